The summed E-state index contributed by atoms with van der Waals surface area (Å²) in [4.78, 5) is 30.7. The van der Waals surface area contributed by atoms with Crippen LogP contribution in [0.5, 0.6) is 0 Å². The number of carbonyl (C=O) groups is 2. The summed E-state index contributed by atoms with van der Waals surface area (Å²) in [5.74, 6) is -0.605. The van der Waals surface area contributed by atoms with Crippen LogP contribution >= 0.6 is 0 Å². The fraction of sp³-hybridized carbons (Fsp3) is 0.250. The molecule has 5 heteroatoms. The Kier molecular flexibility index (Phi) is 3.75. The molecule has 1 heterocycles. The Morgan fingerprint density at radius 1 is 1.05 bits per heavy atom. The van der Waals surface area contributed by atoms with Crippen LogP contribution in [0.3, 0.4) is 0 Å². The molecule has 0 bridgehead atoms. The van der Waals surface area contributed by atoms with E-state index < -0.39 is 19.8 Å². The van der Waals surface area contributed by atoms with Gasteiger partial charge in [-0.25, -0.2) is 0 Å². The molecule has 0 radical (unpaired) electrons. The first kappa shape index (κ1) is 14.5. The number of benzene rings is 2. The van der Waals surface area contributed by atoms with Crippen LogP contribution in [-0.4, -0.2) is 54.7 Å². The molecule has 1 N–H and O–H groups in total. The molecule has 21 heavy (non-hydrogen) atoms. The van der Waals surface area contributed by atoms with Gasteiger partial charge in [0.1, 0.15) is 0 Å². The molecule has 0 atom stereocenters. The van der Waals surface area contributed by atoms with Crippen LogP contribution < -0.4 is 3.58 Å². The molecule has 2 aromatic rings. The van der Waals surface area contributed by atoms with E-state index >= 15 is 0 Å². The molecular weight excluding hydrogens is 373 g/mol. The number of aliphatic hydroxyl groups is 1. The van der Waals surface area contributed by atoms with E-state index in [-0.39, 0.29) is 25.0 Å². The van der Waals surface area contributed by atoms with Gasteiger partial charge in [0.05, 0.1) is 0 Å². The first-order chi connectivity index (χ1) is 10.1. The summed E-state index contributed by atoms with van der Waals surface area (Å²) in [5.41, 5.74) is 1.15. The van der Waals surface area contributed by atoms with Crippen molar-refractivity contribution in [2.24, 2.45) is 0 Å². The Labute approximate surface area is 130 Å². The van der Waals surface area contributed by atoms with E-state index in [2.05, 4.69) is 9.88 Å². The third-order valence-corrected chi connectivity index (χ3v) is 8.96. The van der Waals surface area contributed by atoms with Gasteiger partial charge in [-0.3, -0.25) is 0 Å². The average molecular weight is 390 g/mol. The molecule has 1 aliphatic heterocycles. The van der Waals surface area contributed by atoms with Crippen molar-refractivity contribution in [3.63, 3.8) is 0 Å². The first-order valence-corrected chi connectivity index (χ1v) is 15.3. The zero-order valence-electron chi connectivity index (χ0n) is 12.1. The molecule has 3 rings (SSSR count). The minimum absolute atomic E-state index is 0.0403. The fourth-order valence-corrected chi connectivity index (χ4v) is 6.81. The zero-order valence-corrected chi connectivity index (χ0v) is 15.4. The average Bonchev–Trinajstić information content (AvgIpc) is 2.48. The van der Waals surface area contributed by atoms with Crippen LogP contribution in [0.4, 0.5) is 0 Å². The molecule has 0 fully saturated rings. The van der Waals surface area contributed by atoms with Crippen LogP contribution in [0.2, 0.25) is 9.88 Å². The summed E-state index contributed by atoms with van der Waals surface area (Å²) in [5, 5.41) is 10.9. The monoisotopic (exact) mass is 391 g/mol. The first-order valence-electron chi connectivity index (χ1n) is 7.09. The van der Waals surface area contributed by atoms with E-state index in [9.17, 15) is 9.59 Å². The van der Waals surface area contributed by atoms with Crippen molar-refractivity contribution in [3.05, 3.63) is 41.5 Å². The second-order valence-corrected chi connectivity index (χ2v) is 13.9. The van der Waals surface area contributed by atoms with Crippen LogP contribution in [0.1, 0.15) is 20.7 Å². The minimum atomic E-state index is -1.75. The Morgan fingerprint density at radius 2 is 1.71 bits per heavy atom. The van der Waals surface area contributed by atoms with Crippen molar-refractivity contribution in [2.75, 3.05) is 13.2 Å². The summed E-state index contributed by atoms with van der Waals surface area (Å²) in [6.45, 7) is -0.179. The van der Waals surface area contributed by atoms with E-state index in [1.807, 2.05) is 24.3 Å². The molecule has 0 aromatic heterocycles. The van der Waals surface area contributed by atoms with Gasteiger partial charge >= 0.3 is 130 Å². The molecule has 108 valence electrons. The van der Waals surface area contributed by atoms with Gasteiger partial charge in [-0.2, -0.15) is 0 Å². The van der Waals surface area contributed by atoms with Gasteiger partial charge in [0.2, 0.25) is 0 Å². The van der Waals surface area contributed by atoms with Crippen molar-refractivity contribution in [1.29, 1.82) is 0 Å². The zero-order chi connectivity index (χ0) is 15.1. The van der Waals surface area contributed by atoms with Gasteiger partial charge in [-0.15, -0.1) is 0 Å². The van der Waals surface area contributed by atoms with Gasteiger partial charge < -0.3 is 0 Å². The van der Waals surface area contributed by atoms with E-state index in [1.54, 1.807) is 6.07 Å². The predicted octanol–water partition coefficient (Wildman–Crippen LogP) is 1.12. The van der Waals surface area contributed by atoms with Crippen molar-refractivity contribution < 1.29 is 14.7 Å². The number of imide groups is 1. The van der Waals surface area contributed by atoms with Crippen LogP contribution in [0, 0.1) is 0 Å². The van der Waals surface area contributed by atoms with Gasteiger partial charge in [0.25, 0.3) is 0 Å². The molecule has 2 aromatic carbocycles. The molecular formula is C16H17NO3Sn. The molecule has 1 aliphatic rings. The number of rotatable bonds is 3. The van der Waals surface area contributed by atoms with E-state index in [1.165, 1.54) is 3.58 Å². The Hall–Kier alpha value is -1.40. The standard InChI is InChI=1S/C14H10NO3.2CH3.Sn.H/c16-8-7-15-13(17)10-5-1-3-9-4-2-6-11(12(9)10)14(15)18;;;;/h1-3,5-6,16H,7-8H2;2*1H3;;. The second-order valence-electron chi connectivity index (χ2n) is 5.57. The SMILES string of the molecule is [CH3][SnH]([CH3])[c]1ccc2c3c(cccc13)C(=O)N(CCO)C2=O. The second kappa shape index (κ2) is 5.42. The van der Waals surface area contributed by atoms with Gasteiger partial charge in [-0.1, -0.05) is 0 Å². The Bertz CT molecular complexity index is 732. The number of carbonyl (C=O) groups excluding carboxylic acids is 2. The van der Waals surface area contributed by atoms with Crippen LogP contribution in [0.15, 0.2) is 30.3 Å². The molecule has 4 nitrogen and oxygen atoms in total. The van der Waals surface area contributed by atoms with Gasteiger partial charge in [0, 0.05) is 0 Å². The fourth-order valence-electron chi connectivity index (χ4n) is 2.98. The molecule has 2 amide bonds. The summed E-state index contributed by atoms with van der Waals surface area (Å²) in [7, 11) is 0. The predicted molar refractivity (Wildman–Crippen MR) is 84.9 cm³/mol. The topological polar surface area (TPSA) is 57.6 Å². The van der Waals surface area contributed by atoms with Crippen molar-refractivity contribution in [1.82, 2.24) is 4.90 Å². The van der Waals surface area contributed by atoms with E-state index in [4.69, 9.17) is 5.11 Å². The summed E-state index contributed by atoms with van der Waals surface area (Å²) >= 11 is -1.75. The molecule has 0 saturated heterocycles. The van der Waals surface area contributed by atoms with Crippen LogP contribution in [0.25, 0.3) is 10.8 Å². The maximum absolute atomic E-state index is 12.5. The number of hydrogen-bond acceptors (Lipinski definition) is 3. The molecule has 0 spiro atoms. The summed E-state index contributed by atoms with van der Waals surface area (Å²) in [6, 6.07) is 9.55. The summed E-state index contributed by atoms with van der Waals surface area (Å²) < 4.78 is 1.34. The quantitative estimate of drug-likeness (QED) is 0.632. The normalized spacial score (nSPS) is 14.4. The summed E-state index contributed by atoms with van der Waals surface area (Å²) in [6.07, 6.45) is 0. The van der Waals surface area contributed by atoms with Crippen molar-refractivity contribution in [2.45, 2.75) is 9.88 Å². The number of hydrogen-bond donors (Lipinski definition) is 1. The third-order valence-electron chi connectivity index (χ3n) is 3.97. The van der Waals surface area contributed by atoms with Crippen molar-refractivity contribution in [3.8, 4) is 0 Å². The van der Waals surface area contributed by atoms with Crippen molar-refractivity contribution >= 4 is 45.9 Å². The number of amides is 2. The number of nitrogens with zero attached hydrogens (tertiary/aromatic N) is 1. The third kappa shape index (κ3) is 2.17. The van der Waals surface area contributed by atoms with Gasteiger partial charge in [0.15, 0.2) is 0 Å². The molecule has 0 unspecified atom stereocenters. The van der Waals surface area contributed by atoms with E-state index in [0.29, 0.717) is 11.1 Å². The van der Waals surface area contributed by atoms with Gasteiger partial charge in [-0.05, 0) is 0 Å². The number of β-amino-alcohol motifs (C(OH)–C–C–N with tert-alkyl or cyclic N) is 1. The Morgan fingerprint density at radius 3 is 2.33 bits per heavy atom. The Balaban J connectivity index is 2.33. The maximum atomic E-state index is 12.5. The number of aliphatic hydroxyl groups excluding tert-OH is 1. The molecule has 0 aliphatic carbocycles. The van der Waals surface area contributed by atoms with Crippen LogP contribution in [-0.2, 0) is 0 Å². The van der Waals surface area contributed by atoms with E-state index in [0.717, 1.165) is 15.7 Å². The molecule has 0 saturated carbocycles.